The van der Waals surface area contributed by atoms with E-state index in [9.17, 15) is 9.90 Å². The van der Waals surface area contributed by atoms with Gasteiger partial charge >= 0.3 is 0 Å². The van der Waals surface area contributed by atoms with E-state index in [1.54, 1.807) is 12.3 Å². The Morgan fingerprint density at radius 3 is 2.81 bits per heavy atom. The number of aromatic nitrogens is 2. The highest BCUT2D eigenvalue weighted by molar-refractivity contribution is 5.85. The summed E-state index contributed by atoms with van der Waals surface area (Å²) >= 11 is 0. The molecule has 1 aromatic heterocycles. The first-order chi connectivity index (χ1) is 12.9. The fourth-order valence-electron chi connectivity index (χ4n) is 4.23. The summed E-state index contributed by atoms with van der Waals surface area (Å²) in [6.07, 6.45) is 1.13. The van der Waals surface area contributed by atoms with Crippen LogP contribution < -0.4 is 0 Å². The maximum atomic E-state index is 15.2. The lowest BCUT2D eigenvalue weighted by atomic mass is 9.77. The highest BCUT2D eigenvalue weighted by Crippen LogP contribution is 2.46. The van der Waals surface area contributed by atoms with Gasteiger partial charge < -0.3 is 10.0 Å². The van der Waals surface area contributed by atoms with E-state index < -0.39 is 17.9 Å². The van der Waals surface area contributed by atoms with Gasteiger partial charge in [-0.3, -0.25) is 9.89 Å². The molecule has 2 aromatic rings. The largest absolute Gasteiger partial charge is 0.382 e. The van der Waals surface area contributed by atoms with Crippen LogP contribution in [-0.2, 0) is 17.6 Å². The summed E-state index contributed by atoms with van der Waals surface area (Å²) < 4.78 is 30.4. The molecule has 2 N–H and O–H groups in total. The molecule has 1 aliphatic heterocycles. The number of carbonyl (C=O) groups is 1. The van der Waals surface area contributed by atoms with Crippen molar-refractivity contribution in [2.75, 3.05) is 13.1 Å². The lowest BCUT2D eigenvalue weighted by molar-refractivity contribution is -0.164. The predicted octanol–water partition coefficient (Wildman–Crippen LogP) is 2.48. The van der Waals surface area contributed by atoms with Crippen molar-refractivity contribution in [1.29, 1.82) is 5.26 Å². The number of hydrogen-bond donors (Lipinski definition) is 2. The van der Waals surface area contributed by atoms with Crippen molar-refractivity contribution in [3.63, 3.8) is 0 Å². The maximum Gasteiger partial charge on any atom is 0.280 e. The van der Waals surface area contributed by atoms with Crippen molar-refractivity contribution in [3.8, 4) is 6.07 Å². The molecule has 0 bridgehead atoms. The monoisotopic (exact) mass is 374 g/mol. The summed E-state index contributed by atoms with van der Waals surface area (Å²) in [5, 5.41) is 26.7. The van der Waals surface area contributed by atoms with Crippen LogP contribution in [0.5, 0.6) is 0 Å². The zero-order valence-electron chi connectivity index (χ0n) is 14.7. The fraction of sp³-hybridized carbons (Fsp3) is 0.526. The summed E-state index contributed by atoms with van der Waals surface area (Å²) in [5.74, 6) is -4.66. The van der Waals surface area contributed by atoms with E-state index in [4.69, 9.17) is 5.26 Å². The second kappa shape index (κ2) is 6.57. The number of benzene rings is 1. The number of amides is 1. The van der Waals surface area contributed by atoms with Crippen LogP contribution in [0.25, 0.3) is 10.9 Å². The predicted molar refractivity (Wildman–Crippen MR) is 92.9 cm³/mol. The molecule has 6 nitrogen and oxygen atoms in total. The number of aliphatic hydroxyl groups excluding tert-OH is 1. The average molecular weight is 374 g/mol. The molecule has 1 fully saturated rings. The summed E-state index contributed by atoms with van der Waals surface area (Å²) in [5.41, 5.74) is 2.52. The molecular formula is C19H20F2N4O2. The minimum absolute atomic E-state index is 0.0996. The number of aromatic amines is 1. The van der Waals surface area contributed by atoms with Gasteiger partial charge in [0.15, 0.2) is 0 Å². The SMILES string of the molecule is N#CCC(=O)N1CCC(C(F)(F)[C@H](O)c2c3c(cc4cn[nH]c24)CC3)CC1. The normalized spacial score (nSPS) is 18.7. The average Bonchev–Trinajstić information content (AvgIpc) is 3.11. The van der Waals surface area contributed by atoms with Gasteiger partial charge in [0.05, 0.1) is 17.8 Å². The van der Waals surface area contributed by atoms with Crippen molar-refractivity contribution in [2.24, 2.45) is 5.92 Å². The van der Waals surface area contributed by atoms with Gasteiger partial charge in [0.1, 0.15) is 12.5 Å². The van der Waals surface area contributed by atoms with Crippen LogP contribution in [0.1, 0.15) is 42.1 Å². The molecule has 0 spiro atoms. The first-order valence-corrected chi connectivity index (χ1v) is 9.11. The van der Waals surface area contributed by atoms with Crippen LogP contribution in [0.2, 0.25) is 0 Å². The van der Waals surface area contributed by atoms with Gasteiger partial charge in [-0.1, -0.05) is 0 Å². The number of nitrogens with zero attached hydrogens (tertiary/aromatic N) is 3. The number of hydrogen-bond acceptors (Lipinski definition) is 4. The molecular weight excluding hydrogens is 354 g/mol. The van der Waals surface area contributed by atoms with E-state index in [0.29, 0.717) is 11.9 Å². The van der Waals surface area contributed by atoms with Crippen LogP contribution >= 0.6 is 0 Å². The van der Waals surface area contributed by atoms with Crippen LogP contribution in [0, 0.1) is 17.2 Å². The van der Waals surface area contributed by atoms with Crippen molar-refractivity contribution < 1.29 is 18.7 Å². The number of halogens is 2. The number of fused-ring (bicyclic) bond motifs is 2. The Kier molecular flexibility index (Phi) is 4.35. The maximum absolute atomic E-state index is 15.2. The molecule has 142 valence electrons. The van der Waals surface area contributed by atoms with E-state index >= 15 is 8.78 Å². The quantitative estimate of drug-likeness (QED) is 0.860. The summed E-state index contributed by atoms with van der Waals surface area (Å²) in [4.78, 5) is 13.2. The van der Waals surface area contributed by atoms with E-state index in [1.807, 2.05) is 6.07 Å². The molecule has 2 aliphatic rings. The minimum Gasteiger partial charge on any atom is -0.382 e. The minimum atomic E-state index is -3.31. The molecule has 1 amide bonds. The van der Waals surface area contributed by atoms with Crippen LogP contribution in [-0.4, -0.2) is 45.1 Å². The van der Waals surface area contributed by atoms with Gasteiger partial charge in [0.25, 0.3) is 5.92 Å². The van der Waals surface area contributed by atoms with Gasteiger partial charge in [-0.25, -0.2) is 8.78 Å². The number of carbonyl (C=O) groups excluding carboxylic acids is 1. The molecule has 2 heterocycles. The van der Waals surface area contributed by atoms with Gasteiger partial charge in [-0.15, -0.1) is 0 Å². The van der Waals surface area contributed by atoms with Gasteiger partial charge in [-0.2, -0.15) is 10.4 Å². The number of rotatable bonds is 4. The van der Waals surface area contributed by atoms with Crippen LogP contribution in [0.15, 0.2) is 12.3 Å². The van der Waals surface area contributed by atoms with Crippen LogP contribution in [0.4, 0.5) is 8.78 Å². The number of nitriles is 1. The first-order valence-electron chi connectivity index (χ1n) is 9.11. The topological polar surface area (TPSA) is 93.0 Å². The Hall–Kier alpha value is -2.53. The third-order valence-corrected chi connectivity index (χ3v) is 5.89. The summed E-state index contributed by atoms with van der Waals surface area (Å²) in [6.45, 7) is 0.361. The Morgan fingerprint density at radius 2 is 2.19 bits per heavy atom. The third kappa shape index (κ3) is 2.86. The van der Waals surface area contributed by atoms with Gasteiger partial charge in [-0.05, 0) is 42.9 Å². The van der Waals surface area contributed by atoms with Crippen LogP contribution in [0.3, 0.4) is 0 Å². The lowest BCUT2D eigenvalue weighted by Gasteiger charge is -2.38. The molecule has 1 atom stereocenters. The van der Waals surface area contributed by atoms with Crippen molar-refractivity contribution >= 4 is 16.8 Å². The van der Waals surface area contributed by atoms with Crippen molar-refractivity contribution in [1.82, 2.24) is 15.1 Å². The number of alkyl halides is 2. The summed E-state index contributed by atoms with van der Waals surface area (Å²) in [6, 6.07) is 3.73. The number of likely N-dealkylation sites (tertiary alicyclic amines) is 1. The highest BCUT2D eigenvalue weighted by atomic mass is 19.3. The standard InChI is InChI=1S/C19H20F2N4O2/c20-19(21,13-4-7-25(8-5-13)15(26)3-6-22)18(27)16-14-2-1-11(14)9-12-10-23-24-17(12)16/h9-10,13,18,27H,1-5,7-8H2,(H,23,24)/t18-/m1/s1. The molecule has 0 radical (unpaired) electrons. The number of aryl methyl sites for hydroxylation is 1. The van der Waals surface area contributed by atoms with Gasteiger partial charge in [0, 0.05) is 30.0 Å². The summed E-state index contributed by atoms with van der Waals surface area (Å²) in [7, 11) is 0. The van der Waals surface area contributed by atoms with E-state index in [1.165, 1.54) is 4.90 Å². The Balaban J connectivity index is 1.57. The van der Waals surface area contributed by atoms with E-state index in [2.05, 4.69) is 10.2 Å². The Morgan fingerprint density at radius 1 is 1.44 bits per heavy atom. The first kappa shape index (κ1) is 17.9. The Bertz CT molecular complexity index is 926. The molecule has 4 rings (SSSR count). The second-order valence-corrected chi connectivity index (χ2v) is 7.33. The number of aliphatic hydroxyl groups is 1. The molecule has 0 unspecified atom stereocenters. The highest BCUT2D eigenvalue weighted by Gasteiger charge is 2.49. The molecule has 0 saturated carbocycles. The Labute approximate surface area is 154 Å². The zero-order valence-corrected chi connectivity index (χ0v) is 14.7. The zero-order chi connectivity index (χ0) is 19.2. The molecule has 27 heavy (non-hydrogen) atoms. The molecule has 1 aromatic carbocycles. The fourth-order valence-corrected chi connectivity index (χ4v) is 4.23. The number of H-pyrrole nitrogens is 1. The van der Waals surface area contributed by atoms with Crippen molar-refractivity contribution in [2.45, 2.75) is 44.1 Å². The van der Waals surface area contributed by atoms with Gasteiger partial charge in [0.2, 0.25) is 5.91 Å². The molecule has 8 heteroatoms. The lowest BCUT2D eigenvalue weighted by Crippen LogP contribution is -2.45. The third-order valence-electron chi connectivity index (χ3n) is 5.89. The number of piperidine rings is 1. The number of nitrogens with one attached hydrogen (secondary N) is 1. The molecule has 1 aliphatic carbocycles. The second-order valence-electron chi connectivity index (χ2n) is 7.33. The van der Waals surface area contributed by atoms with E-state index in [0.717, 1.165) is 22.9 Å². The smallest absolute Gasteiger partial charge is 0.280 e. The van der Waals surface area contributed by atoms with E-state index in [-0.39, 0.29) is 43.8 Å². The molecule has 1 saturated heterocycles. The van der Waals surface area contributed by atoms with Crippen molar-refractivity contribution in [3.05, 3.63) is 29.0 Å².